The van der Waals surface area contributed by atoms with E-state index in [0.717, 1.165) is 17.8 Å². The van der Waals surface area contributed by atoms with Gasteiger partial charge in [-0.15, -0.1) is 0 Å². The first-order valence-corrected chi connectivity index (χ1v) is 11.0. The highest BCUT2D eigenvalue weighted by Crippen LogP contribution is 2.32. The van der Waals surface area contributed by atoms with E-state index < -0.39 is 10.0 Å². The Bertz CT molecular complexity index is 857. The van der Waals surface area contributed by atoms with Gasteiger partial charge in [0, 0.05) is 38.0 Å². The second kappa shape index (κ2) is 8.12. The van der Waals surface area contributed by atoms with Gasteiger partial charge < -0.3 is 9.30 Å². The Labute approximate surface area is 162 Å². The molecule has 0 amide bonds. The van der Waals surface area contributed by atoms with Gasteiger partial charge in [0.1, 0.15) is 5.82 Å². The van der Waals surface area contributed by atoms with Crippen LogP contribution in [0.25, 0.3) is 11.4 Å². The highest BCUT2D eigenvalue weighted by molar-refractivity contribution is 7.89. The number of benzene rings is 1. The maximum atomic E-state index is 12.3. The Morgan fingerprint density at radius 3 is 2.56 bits per heavy atom. The third-order valence-corrected chi connectivity index (χ3v) is 6.99. The van der Waals surface area contributed by atoms with E-state index in [1.165, 1.54) is 9.87 Å². The Morgan fingerprint density at radius 2 is 1.93 bits per heavy atom. The highest BCUT2D eigenvalue weighted by atomic mass is 32.2. The Morgan fingerprint density at radius 1 is 1.22 bits per heavy atom. The molecular weight excluding hydrogens is 362 g/mol. The van der Waals surface area contributed by atoms with E-state index in [4.69, 9.17) is 4.74 Å². The summed E-state index contributed by atoms with van der Waals surface area (Å²) in [6.07, 6.45) is 4.74. The van der Waals surface area contributed by atoms with Gasteiger partial charge in [0.2, 0.25) is 10.0 Å². The number of nitrogens with zero attached hydrogens (tertiary/aromatic N) is 3. The van der Waals surface area contributed by atoms with Gasteiger partial charge in [-0.25, -0.2) is 17.7 Å². The third kappa shape index (κ3) is 4.59. The van der Waals surface area contributed by atoms with E-state index in [-0.39, 0.29) is 17.7 Å². The molecule has 0 saturated carbocycles. The molecule has 2 atom stereocenters. The average Bonchev–Trinajstić information content (AvgIpc) is 3.23. The number of ether oxygens (including phenoxy) is 1. The zero-order chi connectivity index (χ0) is 19.6. The van der Waals surface area contributed by atoms with Gasteiger partial charge in [-0.05, 0) is 17.9 Å². The molecule has 3 rings (SSSR count). The first kappa shape index (κ1) is 20.0. The van der Waals surface area contributed by atoms with E-state index in [2.05, 4.69) is 47.7 Å². The smallest absolute Gasteiger partial charge is 0.214 e. The van der Waals surface area contributed by atoms with Crippen LogP contribution in [-0.4, -0.2) is 55.3 Å². The number of imidazole rings is 1. The van der Waals surface area contributed by atoms with Crippen LogP contribution in [0.15, 0.2) is 36.7 Å². The van der Waals surface area contributed by atoms with Crippen molar-refractivity contribution in [3.8, 4) is 11.4 Å². The van der Waals surface area contributed by atoms with Crippen molar-refractivity contribution in [2.45, 2.75) is 26.3 Å². The molecule has 1 saturated heterocycles. The van der Waals surface area contributed by atoms with Gasteiger partial charge in [-0.1, -0.05) is 38.1 Å². The van der Waals surface area contributed by atoms with Crippen molar-refractivity contribution >= 4 is 10.0 Å². The molecule has 0 bridgehead atoms. The van der Waals surface area contributed by atoms with Crippen molar-refractivity contribution < 1.29 is 13.2 Å². The lowest BCUT2D eigenvalue weighted by atomic mass is 10.0. The molecule has 2 heterocycles. The molecule has 1 fully saturated rings. The molecule has 1 aromatic carbocycles. The van der Waals surface area contributed by atoms with E-state index >= 15 is 0 Å². The molecule has 7 heteroatoms. The molecule has 0 N–H and O–H groups in total. The molecule has 0 aliphatic carbocycles. The SMILES string of the molecule is CC(C)Cc1ccc(-c2nccn2[C@@H]2COC[C@H]2CS(=O)(=O)N(C)C)cc1. The van der Waals surface area contributed by atoms with Gasteiger partial charge in [-0.3, -0.25) is 0 Å². The standard InChI is InChI=1S/C20H29N3O3S/c1-15(2)11-16-5-7-17(8-6-16)20-21-9-10-23(20)19-13-26-12-18(19)14-27(24,25)22(3)4/h5-10,15,18-19H,11-14H2,1-4H3/t18-,19+/m0/s1. The van der Waals surface area contributed by atoms with Crippen LogP contribution in [0.2, 0.25) is 0 Å². The highest BCUT2D eigenvalue weighted by Gasteiger charge is 2.35. The third-order valence-electron chi connectivity index (χ3n) is 5.03. The first-order valence-electron chi connectivity index (χ1n) is 9.38. The number of aromatic nitrogens is 2. The van der Waals surface area contributed by atoms with Crippen molar-refractivity contribution in [2.75, 3.05) is 33.1 Å². The number of hydrogen-bond acceptors (Lipinski definition) is 4. The zero-order valence-electron chi connectivity index (χ0n) is 16.5. The minimum atomic E-state index is -3.28. The van der Waals surface area contributed by atoms with Crippen molar-refractivity contribution in [2.24, 2.45) is 11.8 Å². The van der Waals surface area contributed by atoms with Crippen LogP contribution in [0.4, 0.5) is 0 Å². The topological polar surface area (TPSA) is 64.4 Å². The van der Waals surface area contributed by atoms with E-state index in [9.17, 15) is 8.42 Å². The average molecular weight is 392 g/mol. The molecule has 148 valence electrons. The fraction of sp³-hybridized carbons (Fsp3) is 0.550. The van der Waals surface area contributed by atoms with Crippen LogP contribution < -0.4 is 0 Å². The molecule has 0 spiro atoms. The molecule has 27 heavy (non-hydrogen) atoms. The summed E-state index contributed by atoms with van der Waals surface area (Å²) < 4.78 is 33.6. The summed E-state index contributed by atoms with van der Waals surface area (Å²) in [7, 11) is -0.139. The van der Waals surface area contributed by atoms with Gasteiger partial charge in [0.25, 0.3) is 0 Å². The second-order valence-corrected chi connectivity index (χ2v) is 10.1. The van der Waals surface area contributed by atoms with Crippen LogP contribution in [0.1, 0.15) is 25.5 Å². The molecule has 1 aliphatic rings. The lowest BCUT2D eigenvalue weighted by Crippen LogP contribution is -2.32. The molecule has 6 nitrogen and oxygen atoms in total. The van der Waals surface area contributed by atoms with Crippen molar-refractivity contribution in [1.29, 1.82) is 0 Å². The lowest BCUT2D eigenvalue weighted by Gasteiger charge is -2.22. The predicted molar refractivity (Wildman–Crippen MR) is 107 cm³/mol. The predicted octanol–water partition coefficient (Wildman–Crippen LogP) is 2.83. The lowest BCUT2D eigenvalue weighted by molar-refractivity contribution is 0.182. The number of sulfonamides is 1. The summed E-state index contributed by atoms with van der Waals surface area (Å²) >= 11 is 0. The van der Waals surface area contributed by atoms with Gasteiger partial charge >= 0.3 is 0 Å². The summed E-state index contributed by atoms with van der Waals surface area (Å²) in [5.41, 5.74) is 2.35. The van der Waals surface area contributed by atoms with Crippen LogP contribution in [0, 0.1) is 11.8 Å². The maximum absolute atomic E-state index is 12.3. The normalized spacial score (nSPS) is 20.7. The van der Waals surface area contributed by atoms with Crippen molar-refractivity contribution in [1.82, 2.24) is 13.9 Å². The largest absolute Gasteiger partial charge is 0.379 e. The first-order chi connectivity index (χ1) is 12.8. The van der Waals surface area contributed by atoms with Crippen LogP contribution in [-0.2, 0) is 21.2 Å². The second-order valence-electron chi connectivity index (χ2n) is 7.88. The minimum absolute atomic E-state index is 0.0347. The zero-order valence-corrected chi connectivity index (χ0v) is 17.3. The van der Waals surface area contributed by atoms with Gasteiger partial charge in [0.05, 0.1) is 25.0 Å². The van der Waals surface area contributed by atoms with Crippen LogP contribution in [0.3, 0.4) is 0 Å². The van der Waals surface area contributed by atoms with E-state index in [1.807, 2.05) is 6.20 Å². The van der Waals surface area contributed by atoms with E-state index in [0.29, 0.717) is 19.1 Å². The summed E-state index contributed by atoms with van der Waals surface area (Å²) in [5.74, 6) is 1.46. The summed E-state index contributed by atoms with van der Waals surface area (Å²) in [5, 5.41) is 0. The molecule has 0 unspecified atom stereocenters. The van der Waals surface area contributed by atoms with Crippen LogP contribution in [0.5, 0.6) is 0 Å². The van der Waals surface area contributed by atoms with Crippen molar-refractivity contribution in [3.63, 3.8) is 0 Å². The maximum Gasteiger partial charge on any atom is 0.214 e. The van der Waals surface area contributed by atoms with Crippen LogP contribution >= 0.6 is 0 Å². The fourth-order valence-corrected chi connectivity index (χ4v) is 4.70. The van der Waals surface area contributed by atoms with E-state index in [1.54, 1.807) is 20.3 Å². The monoisotopic (exact) mass is 391 g/mol. The molecular formula is C20H29N3O3S. The molecule has 0 radical (unpaired) electrons. The quantitative estimate of drug-likeness (QED) is 0.728. The Kier molecular flexibility index (Phi) is 6.03. The summed E-state index contributed by atoms with van der Waals surface area (Å²) in [6, 6.07) is 8.45. The molecule has 1 aromatic heterocycles. The Balaban J connectivity index is 1.83. The molecule has 1 aliphatic heterocycles. The van der Waals surface area contributed by atoms with Crippen molar-refractivity contribution in [3.05, 3.63) is 42.2 Å². The summed E-state index contributed by atoms with van der Waals surface area (Å²) in [4.78, 5) is 4.54. The van der Waals surface area contributed by atoms with Gasteiger partial charge in [0.15, 0.2) is 0 Å². The fourth-order valence-electron chi connectivity index (χ4n) is 3.54. The number of rotatable bonds is 7. The van der Waals surface area contributed by atoms with Gasteiger partial charge in [-0.2, -0.15) is 0 Å². The minimum Gasteiger partial charge on any atom is -0.379 e. The Hall–Kier alpha value is -1.70. The molecule has 2 aromatic rings. The summed E-state index contributed by atoms with van der Waals surface area (Å²) in [6.45, 7) is 5.37. The number of hydrogen-bond donors (Lipinski definition) is 0.